The van der Waals surface area contributed by atoms with Crippen LogP contribution in [0.3, 0.4) is 0 Å². The summed E-state index contributed by atoms with van der Waals surface area (Å²) in [6.45, 7) is 10.4. The molecular weight excluding hydrogens is 431 g/mol. The summed E-state index contributed by atoms with van der Waals surface area (Å²) in [5.74, 6) is -0.551. The highest BCUT2D eigenvalue weighted by molar-refractivity contribution is 6.17. The van der Waals surface area contributed by atoms with E-state index in [2.05, 4.69) is 0 Å². The average Bonchev–Trinajstić information content (AvgIpc) is 3.48. The number of benzene rings is 1. The summed E-state index contributed by atoms with van der Waals surface area (Å²) in [6, 6.07) is 2.63. The van der Waals surface area contributed by atoms with E-state index >= 15 is 0 Å². The van der Waals surface area contributed by atoms with Gasteiger partial charge in [0.2, 0.25) is 0 Å². The van der Waals surface area contributed by atoms with Gasteiger partial charge in [-0.3, -0.25) is 10.2 Å². The van der Waals surface area contributed by atoms with Crippen LogP contribution in [0.5, 0.6) is 5.75 Å². The normalized spacial score (nSPS) is 18.4. The molecule has 0 radical (unpaired) electrons. The lowest BCUT2D eigenvalue weighted by molar-refractivity contribution is -0.173. The number of ether oxygens (including phenoxy) is 1. The maximum absolute atomic E-state index is 12.4. The minimum absolute atomic E-state index is 0.228. The Kier molecular flexibility index (Phi) is 10.6. The van der Waals surface area contributed by atoms with Crippen molar-refractivity contribution >= 4 is 23.8 Å². The number of carbonyl (C=O) groups is 1. The minimum atomic E-state index is -4.90. The topological polar surface area (TPSA) is 65.4 Å². The smallest absolute Gasteiger partial charge is 0.471 e. The lowest BCUT2D eigenvalue weighted by Gasteiger charge is -2.29. The Balaban J connectivity index is 0.00000233. The van der Waals surface area contributed by atoms with Crippen molar-refractivity contribution in [2.24, 2.45) is 0 Å². The Morgan fingerprint density at radius 2 is 1.97 bits per heavy atom. The van der Waals surface area contributed by atoms with Crippen molar-refractivity contribution < 1.29 is 22.7 Å². The summed E-state index contributed by atoms with van der Waals surface area (Å²) in [4.78, 5) is 12.8. The Labute approximate surface area is 187 Å². The first-order chi connectivity index (χ1) is 14.6. The molecule has 0 heterocycles. The Hall–Kier alpha value is -1.96. The van der Waals surface area contributed by atoms with Crippen molar-refractivity contribution in [2.45, 2.75) is 78.2 Å². The van der Waals surface area contributed by atoms with Crippen LogP contribution in [0.2, 0.25) is 0 Å². The van der Waals surface area contributed by atoms with Gasteiger partial charge in [0, 0.05) is 5.88 Å². The van der Waals surface area contributed by atoms with Gasteiger partial charge in [0.1, 0.15) is 5.75 Å². The molecule has 176 valence electrons. The van der Waals surface area contributed by atoms with Crippen LogP contribution in [-0.2, 0) is 4.79 Å². The molecular formula is C22H33ClF3N3O2. The number of rotatable bonds is 10. The number of nitrogens with zero attached hydrogens (tertiary/aromatic N) is 1. The number of hydrogen-bond donors (Lipinski definition) is 2. The molecule has 1 aromatic carbocycles. The SMILES string of the molecule is CC.Cc1c(OCCCCCl)ccc(C(C)N(C=N)C2CC2NC(=O)C(F)(F)F)c1C. The molecule has 0 aromatic heterocycles. The van der Waals surface area contributed by atoms with Gasteiger partial charge in [0.05, 0.1) is 31.1 Å². The van der Waals surface area contributed by atoms with E-state index in [1.165, 1.54) is 0 Å². The molecule has 2 N–H and O–H groups in total. The lowest BCUT2D eigenvalue weighted by Crippen LogP contribution is -2.41. The van der Waals surface area contributed by atoms with E-state index in [9.17, 15) is 18.0 Å². The fraction of sp³-hybridized carbons (Fsp3) is 0.636. The number of halogens is 4. The Bertz CT molecular complexity index is 743. The lowest BCUT2D eigenvalue weighted by atomic mass is 9.96. The molecule has 3 unspecified atom stereocenters. The molecule has 1 fully saturated rings. The molecule has 1 aliphatic carbocycles. The molecule has 0 bridgehead atoms. The van der Waals surface area contributed by atoms with Crippen LogP contribution in [0.4, 0.5) is 13.2 Å². The fourth-order valence-electron chi connectivity index (χ4n) is 3.38. The molecule has 5 nitrogen and oxygen atoms in total. The third-order valence-corrected chi connectivity index (χ3v) is 5.59. The first-order valence-electron chi connectivity index (χ1n) is 10.6. The number of hydrogen-bond acceptors (Lipinski definition) is 3. The van der Waals surface area contributed by atoms with Crippen molar-refractivity contribution in [2.75, 3.05) is 12.5 Å². The van der Waals surface area contributed by atoms with Crippen molar-refractivity contribution in [1.29, 1.82) is 5.41 Å². The number of nitrogens with one attached hydrogen (secondary N) is 2. The van der Waals surface area contributed by atoms with E-state index in [1.54, 1.807) is 4.90 Å². The first kappa shape index (κ1) is 27.1. The second kappa shape index (κ2) is 12.2. The van der Waals surface area contributed by atoms with E-state index < -0.39 is 18.1 Å². The van der Waals surface area contributed by atoms with Crippen LogP contribution in [0, 0.1) is 19.3 Å². The Morgan fingerprint density at radius 3 is 2.52 bits per heavy atom. The number of carbonyl (C=O) groups excluding carboxylic acids is 1. The average molecular weight is 464 g/mol. The van der Waals surface area contributed by atoms with Crippen LogP contribution >= 0.6 is 11.6 Å². The second-order valence-corrected chi connectivity index (χ2v) is 7.66. The summed E-state index contributed by atoms with van der Waals surface area (Å²) in [5, 5.41) is 9.73. The predicted octanol–water partition coefficient (Wildman–Crippen LogP) is 5.52. The van der Waals surface area contributed by atoms with E-state index in [4.69, 9.17) is 21.7 Å². The van der Waals surface area contributed by atoms with Crippen molar-refractivity contribution in [1.82, 2.24) is 10.2 Å². The van der Waals surface area contributed by atoms with E-state index in [-0.39, 0.29) is 12.1 Å². The van der Waals surface area contributed by atoms with Gasteiger partial charge in [-0.05, 0) is 62.8 Å². The molecule has 31 heavy (non-hydrogen) atoms. The standard InChI is InChI=1S/C20H27ClF3N3O2.C2H6/c1-12-13(2)18(29-9-5-4-8-21)7-6-15(12)14(3)27(11-25)17-10-16(17)26-19(28)20(22,23)24;1-2/h6-7,11,14,16-17,25H,4-5,8-10H2,1-3H3,(H,26,28);1-2H3. The van der Waals surface area contributed by atoms with Crippen LogP contribution in [-0.4, -0.2) is 47.9 Å². The maximum atomic E-state index is 12.4. The molecule has 1 saturated carbocycles. The van der Waals surface area contributed by atoms with E-state index in [1.807, 2.05) is 52.1 Å². The molecule has 9 heteroatoms. The zero-order chi connectivity index (χ0) is 23.8. The molecule has 1 aromatic rings. The van der Waals surface area contributed by atoms with Gasteiger partial charge < -0.3 is 15.0 Å². The zero-order valence-corrected chi connectivity index (χ0v) is 19.5. The third-order valence-electron chi connectivity index (χ3n) is 5.32. The van der Waals surface area contributed by atoms with Gasteiger partial charge >= 0.3 is 12.1 Å². The fourth-order valence-corrected chi connectivity index (χ4v) is 3.57. The number of amides is 1. The van der Waals surface area contributed by atoms with Crippen molar-refractivity contribution in [3.8, 4) is 5.75 Å². The second-order valence-electron chi connectivity index (χ2n) is 7.28. The van der Waals surface area contributed by atoms with E-state index in [0.29, 0.717) is 18.9 Å². The van der Waals surface area contributed by atoms with Gasteiger partial charge in [-0.15, -0.1) is 11.6 Å². The highest BCUT2D eigenvalue weighted by atomic mass is 35.5. The molecule has 1 aliphatic rings. The predicted molar refractivity (Wildman–Crippen MR) is 118 cm³/mol. The maximum Gasteiger partial charge on any atom is 0.471 e. The third kappa shape index (κ3) is 7.30. The van der Waals surface area contributed by atoms with Gasteiger partial charge in [-0.2, -0.15) is 13.2 Å². The Morgan fingerprint density at radius 1 is 1.32 bits per heavy atom. The van der Waals surface area contributed by atoms with Crippen LogP contribution in [0.1, 0.15) is 62.8 Å². The molecule has 3 atom stereocenters. The van der Waals surface area contributed by atoms with Gasteiger partial charge in [-0.25, -0.2) is 0 Å². The number of unbranched alkanes of at least 4 members (excludes halogenated alkanes) is 1. The first-order valence-corrected chi connectivity index (χ1v) is 11.1. The molecule has 2 rings (SSSR count). The van der Waals surface area contributed by atoms with E-state index in [0.717, 1.165) is 41.6 Å². The summed E-state index contributed by atoms with van der Waals surface area (Å²) >= 11 is 5.67. The summed E-state index contributed by atoms with van der Waals surface area (Å²) in [7, 11) is 0. The highest BCUT2D eigenvalue weighted by Crippen LogP contribution is 2.37. The quantitative estimate of drug-likeness (QED) is 0.208. The van der Waals surface area contributed by atoms with Crippen LogP contribution < -0.4 is 10.1 Å². The van der Waals surface area contributed by atoms with Crippen LogP contribution in [0.15, 0.2) is 12.1 Å². The summed E-state index contributed by atoms with van der Waals surface area (Å²) < 4.78 is 43.2. The highest BCUT2D eigenvalue weighted by Gasteiger charge is 2.48. The molecule has 0 aliphatic heterocycles. The summed E-state index contributed by atoms with van der Waals surface area (Å²) in [6.07, 6.45) is -1.64. The van der Waals surface area contributed by atoms with Crippen molar-refractivity contribution in [3.63, 3.8) is 0 Å². The monoisotopic (exact) mass is 463 g/mol. The van der Waals surface area contributed by atoms with Gasteiger partial charge in [0.15, 0.2) is 0 Å². The number of alkyl halides is 4. The zero-order valence-electron chi connectivity index (χ0n) is 18.8. The molecule has 0 spiro atoms. The molecule has 0 saturated heterocycles. The minimum Gasteiger partial charge on any atom is -0.493 e. The van der Waals surface area contributed by atoms with Crippen molar-refractivity contribution in [3.05, 3.63) is 28.8 Å². The largest absolute Gasteiger partial charge is 0.493 e. The van der Waals surface area contributed by atoms with Crippen LogP contribution in [0.25, 0.3) is 0 Å². The van der Waals surface area contributed by atoms with Gasteiger partial charge in [-0.1, -0.05) is 19.9 Å². The molecule has 1 amide bonds. The van der Waals surface area contributed by atoms with Gasteiger partial charge in [0.25, 0.3) is 0 Å². The summed E-state index contributed by atoms with van der Waals surface area (Å²) in [5.41, 5.74) is 2.96.